The van der Waals surface area contributed by atoms with Crippen molar-refractivity contribution in [3.8, 4) is 0 Å². The largest absolute Gasteiger partial charge is 0.316 e. The van der Waals surface area contributed by atoms with Crippen molar-refractivity contribution in [3.63, 3.8) is 0 Å². The summed E-state index contributed by atoms with van der Waals surface area (Å²) in [5.41, 5.74) is 0. The summed E-state index contributed by atoms with van der Waals surface area (Å²) in [5.74, 6) is 1.79. The van der Waals surface area contributed by atoms with Crippen LogP contribution in [0.25, 0.3) is 0 Å². The van der Waals surface area contributed by atoms with Crippen molar-refractivity contribution in [2.45, 2.75) is 33.1 Å². The fraction of sp³-hybridized carbons (Fsp3) is 0.867. The second kappa shape index (κ2) is 4.89. The zero-order valence-corrected chi connectivity index (χ0v) is 11.9. The van der Waals surface area contributed by atoms with Crippen molar-refractivity contribution in [3.05, 3.63) is 0 Å². The lowest BCUT2D eigenvalue weighted by Gasteiger charge is -2.32. The molecular formula is C15H24N2O2. The number of fused-ring (bicyclic) bond motifs is 1. The second-order valence-electron chi connectivity index (χ2n) is 6.81. The molecule has 4 nitrogen and oxygen atoms in total. The molecule has 0 spiro atoms. The zero-order valence-electron chi connectivity index (χ0n) is 11.9. The quantitative estimate of drug-likeness (QED) is 0.764. The van der Waals surface area contributed by atoms with Gasteiger partial charge < -0.3 is 5.32 Å². The summed E-state index contributed by atoms with van der Waals surface area (Å²) in [6, 6.07) is 0. The molecule has 2 aliphatic heterocycles. The Balaban J connectivity index is 1.69. The Morgan fingerprint density at radius 1 is 1.16 bits per heavy atom. The lowest BCUT2D eigenvalue weighted by Crippen LogP contribution is -2.43. The molecule has 1 N–H and O–H groups in total. The van der Waals surface area contributed by atoms with Gasteiger partial charge in [0.2, 0.25) is 11.8 Å². The lowest BCUT2D eigenvalue weighted by molar-refractivity contribution is -0.141. The van der Waals surface area contributed by atoms with Gasteiger partial charge in [-0.25, -0.2) is 0 Å². The molecule has 0 aromatic carbocycles. The molecule has 0 bridgehead atoms. The first-order valence-electron chi connectivity index (χ1n) is 7.64. The number of hydrogen-bond donors (Lipinski definition) is 1. The molecule has 1 saturated carbocycles. The fourth-order valence-electron chi connectivity index (χ4n) is 4.10. The van der Waals surface area contributed by atoms with Crippen LogP contribution in [-0.4, -0.2) is 36.3 Å². The molecule has 4 unspecified atom stereocenters. The van der Waals surface area contributed by atoms with Crippen LogP contribution >= 0.6 is 0 Å². The molecule has 4 atom stereocenters. The van der Waals surface area contributed by atoms with Gasteiger partial charge in [-0.15, -0.1) is 0 Å². The minimum atomic E-state index is -0.000443. The Hall–Kier alpha value is -0.900. The van der Waals surface area contributed by atoms with Crippen LogP contribution in [0.1, 0.15) is 33.1 Å². The van der Waals surface area contributed by atoms with E-state index >= 15 is 0 Å². The van der Waals surface area contributed by atoms with E-state index in [4.69, 9.17) is 0 Å². The van der Waals surface area contributed by atoms with Crippen LogP contribution in [0.15, 0.2) is 0 Å². The molecule has 3 aliphatic rings. The second-order valence-corrected chi connectivity index (χ2v) is 6.81. The number of nitrogens with one attached hydrogen (secondary N) is 1. The van der Waals surface area contributed by atoms with E-state index < -0.39 is 0 Å². The van der Waals surface area contributed by atoms with Crippen LogP contribution < -0.4 is 5.32 Å². The minimum Gasteiger partial charge on any atom is -0.316 e. The van der Waals surface area contributed by atoms with Crippen LogP contribution in [0.2, 0.25) is 0 Å². The highest BCUT2D eigenvalue weighted by atomic mass is 16.2. The van der Waals surface area contributed by atoms with Crippen LogP contribution in [-0.2, 0) is 9.59 Å². The van der Waals surface area contributed by atoms with Crippen LogP contribution in [0, 0.1) is 29.6 Å². The molecule has 2 amide bonds. The average Bonchev–Trinajstić information content (AvgIpc) is 2.86. The molecule has 2 saturated heterocycles. The third-order valence-electron chi connectivity index (χ3n) is 5.34. The molecule has 1 aliphatic carbocycles. The molecule has 0 aromatic heterocycles. The van der Waals surface area contributed by atoms with Gasteiger partial charge in [0.1, 0.15) is 0 Å². The molecule has 2 heterocycles. The highest BCUT2D eigenvalue weighted by molar-refractivity contribution is 6.05. The summed E-state index contributed by atoms with van der Waals surface area (Å²) >= 11 is 0. The van der Waals surface area contributed by atoms with Crippen LogP contribution in [0.3, 0.4) is 0 Å². The van der Waals surface area contributed by atoms with Crippen LogP contribution in [0.5, 0.6) is 0 Å². The van der Waals surface area contributed by atoms with E-state index in [1.807, 2.05) is 0 Å². The fourth-order valence-corrected chi connectivity index (χ4v) is 4.10. The first-order chi connectivity index (χ1) is 9.08. The topological polar surface area (TPSA) is 49.4 Å². The summed E-state index contributed by atoms with van der Waals surface area (Å²) in [7, 11) is 0. The third-order valence-corrected chi connectivity index (χ3v) is 5.34. The normalized spacial score (nSPS) is 42.8. The first-order valence-corrected chi connectivity index (χ1v) is 7.64. The maximum Gasteiger partial charge on any atom is 0.233 e. The van der Waals surface area contributed by atoms with E-state index in [0.717, 1.165) is 32.4 Å². The van der Waals surface area contributed by atoms with Gasteiger partial charge in [0, 0.05) is 6.54 Å². The standard InChI is InChI=1S/C15H24N2O2/c1-9-5-12-13(6-9)15(19)17(14(12)18)8-11-3-4-16-7-10(11)2/h9-13,16H,3-8H2,1-2H3. The molecule has 4 heteroatoms. The van der Waals surface area contributed by atoms with Gasteiger partial charge in [0.15, 0.2) is 0 Å². The Kier molecular flexibility index (Phi) is 3.37. The lowest BCUT2D eigenvalue weighted by atomic mass is 9.87. The Morgan fingerprint density at radius 3 is 2.37 bits per heavy atom. The molecule has 106 valence electrons. The number of hydrogen-bond acceptors (Lipinski definition) is 3. The van der Waals surface area contributed by atoms with Gasteiger partial charge in [-0.05, 0) is 50.1 Å². The van der Waals surface area contributed by atoms with Crippen molar-refractivity contribution in [1.82, 2.24) is 10.2 Å². The number of piperidine rings is 1. The number of carbonyl (C=O) groups excluding carboxylic acids is 2. The molecular weight excluding hydrogens is 240 g/mol. The Bertz CT molecular complexity index is 372. The predicted octanol–water partition coefficient (Wildman–Crippen LogP) is 1.26. The Labute approximate surface area is 114 Å². The van der Waals surface area contributed by atoms with Gasteiger partial charge >= 0.3 is 0 Å². The Morgan fingerprint density at radius 2 is 1.79 bits per heavy atom. The van der Waals surface area contributed by atoms with E-state index in [9.17, 15) is 9.59 Å². The van der Waals surface area contributed by atoms with Gasteiger partial charge in [-0.1, -0.05) is 13.8 Å². The number of likely N-dealkylation sites (tertiary alicyclic amines) is 1. The molecule has 0 radical (unpaired) electrons. The van der Waals surface area contributed by atoms with E-state index in [2.05, 4.69) is 19.2 Å². The van der Waals surface area contributed by atoms with E-state index in [0.29, 0.717) is 24.3 Å². The van der Waals surface area contributed by atoms with Crippen molar-refractivity contribution in [2.24, 2.45) is 29.6 Å². The highest BCUT2D eigenvalue weighted by Gasteiger charge is 2.52. The van der Waals surface area contributed by atoms with Gasteiger partial charge in [-0.2, -0.15) is 0 Å². The smallest absolute Gasteiger partial charge is 0.233 e. The number of imide groups is 1. The molecule has 3 rings (SSSR count). The molecule has 19 heavy (non-hydrogen) atoms. The van der Waals surface area contributed by atoms with Gasteiger partial charge in [0.05, 0.1) is 11.8 Å². The maximum atomic E-state index is 12.4. The number of rotatable bonds is 2. The predicted molar refractivity (Wildman–Crippen MR) is 72.2 cm³/mol. The summed E-state index contributed by atoms with van der Waals surface area (Å²) in [4.78, 5) is 26.4. The summed E-state index contributed by atoms with van der Waals surface area (Å²) in [6.07, 6.45) is 2.89. The highest BCUT2D eigenvalue weighted by Crippen LogP contribution is 2.43. The van der Waals surface area contributed by atoms with E-state index in [-0.39, 0.29) is 23.7 Å². The average molecular weight is 264 g/mol. The molecule has 3 fully saturated rings. The van der Waals surface area contributed by atoms with Crippen molar-refractivity contribution in [2.75, 3.05) is 19.6 Å². The maximum absolute atomic E-state index is 12.4. The van der Waals surface area contributed by atoms with Crippen LogP contribution in [0.4, 0.5) is 0 Å². The number of nitrogens with zero attached hydrogens (tertiary/aromatic N) is 1. The van der Waals surface area contributed by atoms with Crippen molar-refractivity contribution >= 4 is 11.8 Å². The van der Waals surface area contributed by atoms with E-state index in [1.165, 1.54) is 0 Å². The summed E-state index contributed by atoms with van der Waals surface area (Å²) < 4.78 is 0. The summed E-state index contributed by atoms with van der Waals surface area (Å²) in [6.45, 7) is 7.03. The molecule has 0 aromatic rings. The third kappa shape index (κ3) is 2.20. The minimum absolute atomic E-state index is 0.000443. The van der Waals surface area contributed by atoms with E-state index in [1.54, 1.807) is 4.90 Å². The zero-order chi connectivity index (χ0) is 13.6. The van der Waals surface area contributed by atoms with Crippen molar-refractivity contribution < 1.29 is 9.59 Å². The van der Waals surface area contributed by atoms with Crippen molar-refractivity contribution in [1.29, 1.82) is 0 Å². The number of carbonyl (C=O) groups is 2. The van der Waals surface area contributed by atoms with Gasteiger partial charge in [0.25, 0.3) is 0 Å². The first kappa shape index (κ1) is 13.1. The SMILES string of the molecule is CC1CC2C(=O)N(CC3CCNCC3C)C(=O)C2C1. The summed E-state index contributed by atoms with van der Waals surface area (Å²) in [5, 5.41) is 3.37. The van der Waals surface area contributed by atoms with Gasteiger partial charge in [-0.3, -0.25) is 14.5 Å². The monoisotopic (exact) mass is 264 g/mol. The number of amides is 2.